The molecule has 1 aliphatic rings. The van der Waals surface area contributed by atoms with Crippen LogP contribution in [0.4, 0.5) is 5.82 Å². The first-order valence-electron chi connectivity index (χ1n) is 11.5. The number of fused-ring (bicyclic) bond motifs is 1. The number of aromatic nitrogens is 4. The van der Waals surface area contributed by atoms with Crippen molar-refractivity contribution in [2.75, 3.05) is 31.1 Å². The number of nitrogens with zero attached hydrogens (tertiary/aromatic N) is 6. The lowest BCUT2D eigenvalue weighted by Gasteiger charge is -2.36. The van der Waals surface area contributed by atoms with E-state index in [1.165, 1.54) is 16.7 Å². The molecule has 1 aliphatic heterocycles. The molecule has 0 amide bonds. The number of hydrogen-bond acceptors (Lipinski definition) is 7. The van der Waals surface area contributed by atoms with Gasteiger partial charge < -0.3 is 4.90 Å². The molecule has 0 atom stereocenters. The molecule has 5 aromatic rings. The molecule has 0 bridgehead atoms. The number of pyridine rings is 2. The largest absolute Gasteiger partial charge is 0.353 e. The highest BCUT2D eigenvalue weighted by molar-refractivity contribution is 7.17. The quantitative estimate of drug-likeness (QED) is 0.359. The lowest BCUT2D eigenvalue weighted by molar-refractivity contribution is 0.249. The van der Waals surface area contributed by atoms with Crippen molar-refractivity contribution in [2.45, 2.75) is 6.54 Å². The Bertz CT molecular complexity index is 1380. The fraction of sp³-hybridized carbons (Fsp3) is 0.185. The van der Waals surface area contributed by atoms with Crippen LogP contribution >= 0.6 is 11.3 Å². The highest BCUT2D eigenvalue weighted by Gasteiger charge is 2.24. The lowest BCUT2D eigenvalue weighted by Crippen LogP contribution is -2.46. The molecule has 34 heavy (non-hydrogen) atoms. The minimum absolute atomic E-state index is 0.733. The van der Waals surface area contributed by atoms with Gasteiger partial charge in [-0.2, -0.15) is 0 Å². The van der Waals surface area contributed by atoms with E-state index in [1.807, 2.05) is 30.7 Å². The minimum atomic E-state index is 0.733. The van der Waals surface area contributed by atoms with Crippen LogP contribution in [0.25, 0.3) is 32.7 Å². The highest BCUT2D eigenvalue weighted by atomic mass is 32.1. The van der Waals surface area contributed by atoms with Crippen molar-refractivity contribution in [3.05, 3.63) is 90.3 Å². The molecule has 6 nitrogen and oxygen atoms in total. The van der Waals surface area contributed by atoms with E-state index in [-0.39, 0.29) is 0 Å². The third-order valence-corrected chi connectivity index (χ3v) is 7.12. The zero-order valence-electron chi connectivity index (χ0n) is 18.7. The summed E-state index contributed by atoms with van der Waals surface area (Å²) in [7, 11) is 0. The summed E-state index contributed by atoms with van der Waals surface area (Å²) in [5, 5.41) is 3.36. The van der Waals surface area contributed by atoms with Crippen LogP contribution in [-0.2, 0) is 6.54 Å². The second-order valence-corrected chi connectivity index (χ2v) is 9.28. The maximum atomic E-state index is 5.12. The number of hydrogen-bond donors (Lipinski definition) is 0. The summed E-state index contributed by atoms with van der Waals surface area (Å²) in [5.74, 6) is 1.75. The highest BCUT2D eigenvalue weighted by Crippen LogP contribution is 2.39. The average molecular weight is 465 g/mol. The van der Waals surface area contributed by atoms with E-state index in [1.54, 1.807) is 17.5 Å². The van der Waals surface area contributed by atoms with Crippen molar-refractivity contribution in [3.8, 4) is 22.5 Å². The van der Waals surface area contributed by atoms with Gasteiger partial charge in [-0.25, -0.2) is 9.97 Å². The van der Waals surface area contributed by atoms with E-state index in [0.717, 1.165) is 60.1 Å². The molecule has 4 aromatic heterocycles. The maximum Gasteiger partial charge on any atom is 0.164 e. The van der Waals surface area contributed by atoms with E-state index >= 15 is 0 Å². The third-order valence-electron chi connectivity index (χ3n) is 6.25. The van der Waals surface area contributed by atoms with E-state index in [0.29, 0.717) is 0 Å². The van der Waals surface area contributed by atoms with Gasteiger partial charge in [-0.05, 0) is 35.4 Å². The van der Waals surface area contributed by atoms with Gasteiger partial charge in [-0.3, -0.25) is 14.9 Å². The molecule has 1 fully saturated rings. The van der Waals surface area contributed by atoms with Crippen molar-refractivity contribution in [2.24, 2.45) is 0 Å². The SMILES string of the molecule is c1ccc(-c2csc3nc(-c4cccnc4)nc(N4CCN(Cc5ccncc5)CC4)c23)cc1. The number of thiophene rings is 1. The first-order chi connectivity index (χ1) is 16.8. The first kappa shape index (κ1) is 20.9. The summed E-state index contributed by atoms with van der Waals surface area (Å²) < 4.78 is 0. The average Bonchev–Trinajstić information content (AvgIpc) is 3.35. The monoisotopic (exact) mass is 464 g/mol. The van der Waals surface area contributed by atoms with E-state index < -0.39 is 0 Å². The molecule has 0 radical (unpaired) electrons. The van der Waals surface area contributed by atoms with Gasteiger partial charge in [-0.1, -0.05) is 30.3 Å². The normalized spacial score (nSPS) is 14.5. The van der Waals surface area contributed by atoms with Gasteiger partial charge >= 0.3 is 0 Å². The Kier molecular flexibility index (Phi) is 5.71. The number of anilines is 1. The molecule has 0 unspecified atom stereocenters. The topological polar surface area (TPSA) is 58.0 Å². The Balaban J connectivity index is 1.37. The molecule has 7 heteroatoms. The predicted molar refractivity (Wildman–Crippen MR) is 138 cm³/mol. The summed E-state index contributed by atoms with van der Waals surface area (Å²) in [4.78, 5) is 24.4. The zero-order chi connectivity index (χ0) is 22.7. The van der Waals surface area contributed by atoms with Crippen molar-refractivity contribution in [1.29, 1.82) is 0 Å². The van der Waals surface area contributed by atoms with E-state index in [2.05, 4.69) is 67.6 Å². The Morgan fingerprint density at radius 1 is 0.765 bits per heavy atom. The van der Waals surface area contributed by atoms with Crippen molar-refractivity contribution in [1.82, 2.24) is 24.8 Å². The van der Waals surface area contributed by atoms with Gasteiger partial charge in [0.2, 0.25) is 0 Å². The van der Waals surface area contributed by atoms with Crippen LogP contribution in [0.5, 0.6) is 0 Å². The molecule has 0 spiro atoms. The molecule has 6 rings (SSSR count). The fourth-order valence-electron chi connectivity index (χ4n) is 4.47. The summed E-state index contributed by atoms with van der Waals surface area (Å²) in [5.41, 5.74) is 4.64. The molecule has 0 N–H and O–H groups in total. The number of benzene rings is 1. The standard InChI is InChI=1S/C27H24N6S/c1-2-5-21(6-3-1)23-19-34-27-24(23)26(30-25(31-27)22-7-4-10-29-17-22)33-15-13-32(14-16-33)18-20-8-11-28-12-9-20/h1-12,17,19H,13-16,18H2. The minimum Gasteiger partial charge on any atom is -0.353 e. The third kappa shape index (κ3) is 4.16. The molecule has 1 saturated heterocycles. The Morgan fingerprint density at radius 2 is 1.56 bits per heavy atom. The Hall–Kier alpha value is -3.68. The molecule has 0 aliphatic carbocycles. The van der Waals surface area contributed by atoms with Gasteiger partial charge in [0, 0.05) is 74.0 Å². The first-order valence-corrected chi connectivity index (χ1v) is 12.3. The summed E-state index contributed by atoms with van der Waals surface area (Å²) in [6.07, 6.45) is 7.35. The van der Waals surface area contributed by atoms with Gasteiger partial charge in [0.05, 0.1) is 5.39 Å². The summed E-state index contributed by atoms with van der Waals surface area (Å²) >= 11 is 1.68. The van der Waals surface area contributed by atoms with Crippen LogP contribution in [-0.4, -0.2) is 51.0 Å². The Morgan fingerprint density at radius 3 is 2.32 bits per heavy atom. The van der Waals surface area contributed by atoms with E-state index in [9.17, 15) is 0 Å². The number of rotatable bonds is 5. The smallest absolute Gasteiger partial charge is 0.164 e. The van der Waals surface area contributed by atoms with Crippen LogP contribution in [0.15, 0.2) is 84.8 Å². The Labute approximate surface area is 202 Å². The lowest BCUT2D eigenvalue weighted by atomic mass is 10.1. The molecule has 5 heterocycles. The number of piperazine rings is 1. The second-order valence-electron chi connectivity index (χ2n) is 8.43. The molecule has 168 valence electrons. The van der Waals surface area contributed by atoms with Crippen LogP contribution < -0.4 is 4.90 Å². The molecule has 1 aromatic carbocycles. The van der Waals surface area contributed by atoms with Gasteiger partial charge in [0.25, 0.3) is 0 Å². The molecule has 0 saturated carbocycles. The van der Waals surface area contributed by atoms with Gasteiger partial charge in [-0.15, -0.1) is 11.3 Å². The van der Waals surface area contributed by atoms with Crippen molar-refractivity contribution in [3.63, 3.8) is 0 Å². The summed E-state index contributed by atoms with van der Waals surface area (Å²) in [6.45, 7) is 4.77. The van der Waals surface area contributed by atoms with Crippen LogP contribution in [0.2, 0.25) is 0 Å². The van der Waals surface area contributed by atoms with Crippen LogP contribution in [0, 0.1) is 0 Å². The maximum absolute atomic E-state index is 5.12. The van der Waals surface area contributed by atoms with Gasteiger partial charge in [0.1, 0.15) is 10.6 Å². The van der Waals surface area contributed by atoms with Crippen LogP contribution in [0.3, 0.4) is 0 Å². The van der Waals surface area contributed by atoms with Crippen molar-refractivity contribution < 1.29 is 0 Å². The predicted octanol–water partition coefficient (Wildman–Crippen LogP) is 5.14. The summed E-state index contributed by atoms with van der Waals surface area (Å²) in [6, 6.07) is 18.7. The zero-order valence-corrected chi connectivity index (χ0v) is 19.5. The van der Waals surface area contributed by atoms with Crippen LogP contribution in [0.1, 0.15) is 5.56 Å². The van der Waals surface area contributed by atoms with Crippen molar-refractivity contribution >= 4 is 27.4 Å². The fourth-order valence-corrected chi connectivity index (χ4v) is 5.41. The van der Waals surface area contributed by atoms with Gasteiger partial charge in [0.15, 0.2) is 5.82 Å². The molecular formula is C27H24N6S. The molecular weight excluding hydrogens is 440 g/mol. The van der Waals surface area contributed by atoms with E-state index in [4.69, 9.17) is 9.97 Å². The second kappa shape index (κ2) is 9.29.